The molecule has 1 unspecified atom stereocenters. The number of aromatic nitrogens is 3. The summed E-state index contributed by atoms with van der Waals surface area (Å²) in [4.78, 5) is 12.3. The van der Waals surface area contributed by atoms with E-state index in [1.54, 1.807) is 7.11 Å². The summed E-state index contributed by atoms with van der Waals surface area (Å²) in [6.07, 6.45) is 4.25. The Morgan fingerprint density at radius 2 is 1.90 bits per heavy atom. The van der Waals surface area contributed by atoms with Gasteiger partial charge in [0.25, 0.3) is 0 Å². The molecule has 1 aromatic carbocycles. The van der Waals surface area contributed by atoms with E-state index in [1.165, 1.54) is 24.6 Å². The highest BCUT2D eigenvalue weighted by Gasteiger charge is 2.23. The highest BCUT2D eigenvalue weighted by Crippen LogP contribution is 2.32. The second-order valence-electron chi connectivity index (χ2n) is 7.55. The van der Waals surface area contributed by atoms with Crippen molar-refractivity contribution < 1.29 is 14.3 Å². The highest BCUT2D eigenvalue weighted by atomic mass is 32.2. The number of nitrogens with zero attached hydrogens (tertiary/aromatic N) is 3. The molecule has 1 aromatic heterocycles. The molecule has 1 aliphatic carbocycles. The van der Waals surface area contributed by atoms with E-state index in [9.17, 15) is 4.79 Å². The van der Waals surface area contributed by atoms with Gasteiger partial charge in [-0.3, -0.25) is 4.79 Å². The van der Waals surface area contributed by atoms with Crippen LogP contribution in [0.25, 0.3) is 0 Å². The van der Waals surface area contributed by atoms with E-state index >= 15 is 0 Å². The Balaban J connectivity index is 1.68. The number of carbonyl (C=O) groups excluding carboxylic acids is 1. The van der Waals surface area contributed by atoms with E-state index in [0.29, 0.717) is 23.3 Å². The molecule has 1 heterocycles. The zero-order chi connectivity index (χ0) is 20.8. The van der Waals surface area contributed by atoms with Crippen molar-refractivity contribution >= 4 is 17.7 Å². The van der Waals surface area contributed by atoms with Crippen LogP contribution in [0.5, 0.6) is 11.5 Å². The zero-order valence-electron chi connectivity index (χ0n) is 17.6. The van der Waals surface area contributed by atoms with Gasteiger partial charge < -0.3 is 19.4 Å². The van der Waals surface area contributed by atoms with Crippen LogP contribution in [-0.2, 0) is 4.79 Å². The Morgan fingerprint density at radius 1 is 1.21 bits per heavy atom. The number of carbonyl (C=O) groups is 1. The maximum atomic E-state index is 12.3. The number of amides is 1. The molecular weight excluding hydrogens is 388 g/mol. The summed E-state index contributed by atoms with van der Waals surface area (Å²) in [6.45, 7) is 6.09. The number of methoxy groups -OCH3 is 1. The second kappa shape index (κ2) is 10.0. The second-order valence-corrected chi connectivity index (χ2v) is 8.50. The average molecular weight is 419 g/mol. The van der Waals surface area contributed by atoms with Crippen molar-refractivity contribution in [2.24, 2.45) is 0 Å². The Bertz CT molecular complexity index is 818. The summed E-state index contributed by atoms with van der Waals surface area (Å²) in [5, 5.41) is 12.5. The predicted molar refractivity (Wildman–Crippen MR) is 114 cm³/mol. The molecule has 0 bridgehead atoms. The number of benzene rings is 1. The van der Waals surface area contributed by atoms with Crippen molar-refractivity contribution in [1.29, 1.82) is 0 Å². The SMILES string of the molecule is COc1ccccc1OC(C)c1nnc(SCC(=O)NC2CCCC2)n1C(C)C. The van der Waals surface area contributed by atoms with Crippen LogP contribution in [-0.4, -0.2) is 39.6 Å². The third-order valence-electron chi connectivity index (χ3n) is 5.00. The van der Waals surface area contributed by atoms with Gasteiger partial charge in [0.05, 0.1) is 12.9 Å². The number of nitrogens with one attached hydrogen (secondary N) is 1. The first-order valence-corrected chi connectivity index (χ1v) is 11.1. The van der Waals surface area contributed by atoms with Gasteiger partial charge in [0.2, 0.25) is 5.91 Å². The van der Waals surface area contributed by atoms with Crippen molar-refractivity contribution in [3.63, 3.8) is 0 Å². The molecule has 1 fully saturated rings. The first-order chi connectivity index (χ1) is 14.0. The Labute approximate surface area is 176 Å². The summed E-state index contributed by atoms with van der Waals surface area (Å²) in [5.74, 6) is 2.45. The fourth-order valence-electron chi connectivity index (χ4n) is 3.58. The molecule has 29 heavy (non-hydrogen) atoms. The molecule has 1 aliphatic rings. The van der Waals surface area contributed by atoms with Crippen LogP contribution in [0.3, 0.4) is 0 Å². The van der Waals surface area contributed by atoms with Gasteiger partial charge in [-0.15, -0.1) is 10.2 Å². The summed E-state index contributed by atoms with van der Waals surface area (Å²) in [5.41, 5.74) is 0. The fourth-order valence-corrected chi connectivity index (χ4v) is 4.46. The number of para-hydroxylation sites is 2. The molecule has 1 N–H and O–H groups in total. The smallest absolute Gasteiger partial charge is 0.230 e. The first-order valence-electron chi connectivity index (χ1n) is 10.2. The Kier molecular flexibility index (Phi) is 7.41. The van der Waals surface area contributed by atoms with Gasteiger partial charge in [-0.05, 0) is 45.7 Å². The van der Waals surface area contributed by atoms with E-state index in [-0.39, 0.29) is 18.1 Å². The minimum absolute atomic E-state index is 0.0556. The average Bonchev–Trinajstić information content (AvgIpc) is 3.36. The maximum Gasteiger partial charge on any atom is 0.230 e. The largest absolute Gasteiger partial charge is 0.493 e. The topological polar surface area (TPSA) is 78.3 Å². The summed E-state index contributed by atoms with van der Waals surface area (Å²) in [6, 6.07) is 8.01. The van der Waals surface area contributed by atoms with Crippen LogP contribution in [0.4, 0.5) is 0 Å². The van der Waals surface area contributed by atoms with Gasteiger partial charge >= 0.3 is 0 Å². The van der Waals surface area contributed by atoms with Crippen molar-refractivity contribution in [2.75, 3.05) is 12.9 Å². The molecular formula is C21H30N4O3S. The van der Waals surface area contributed by atoms with Crippen LogP contribution >= 0.6 is 11.8 Å². The number of rotatable bonds is 9. The summed E-state index contributed by atoms with van der Waals surface area (Å²) >= 11 is 1.42. The summed E-state index contributed by atoms with van der Waals surface area (Å²) < 4.78 is 13.5. The lowest BCUT2D eigenvalue weighted by Crippen LogP contribution is -2.33. The molecule has 0 radical (unpaired) electrons. The van der Waals surface area contributed by atoms with E-state index < -0.39 is 0 Å². The van der Waals surface area contributed by atoms with Gasteiger partial charge in [0.1, 0.15) is 0 Å². The highest BCUT2D eigenvalue weighted by molar-refractivity contribution is 7.99. The van der Waals surface area contributed by atoms with Gasteiger partial charge in [0.15, 0.2) is 28.6 Å². The molecule has 8 heteroatoms. The quantitative estimate of drug-likeness (QED) is 0.616. The fraction of sp³-hybridized carbons (Fsp3) is 0.571. The molecule has 2 aromatic rings. The first kappa shape index (κ1) is 21.5. The molecule has 0 aliphatic heterocycles. The van der Waals surface area contributed by atoms with Gasteiger partial charge in [-0.2, -0.15) is 0 Å². The predicted octanol–water partition coefficient (Wildman–Crippen LogP) is 4.16. The molecule has 1 atom stereocenters. The lowest BCUT2D eigenvalue weighted by Gasteiger charge is -2.20. The number of thioether (sulfide) groups is 1. The van der Waals surface area contributed by atoms with Crippen LogP contribution in [0.15, 0.2) is 29.4 Å². The van der Waals surface area contributed by atoms with Gasteiger partial charge in [-0.1, -0.05) is 36.7 Å². The minimum atomic E-state index is -0.317. The monoisotopic (exact) mass is 418 g/mol. The van der Waals surface area contributed by atoms with Gasteiger partial charge in [0, 0.05) is 12.1 Å². The van der Waals surface area contributed by atoms with Gasteiger partial charge in [-0.25, -0.2) is 0 Å². The Hall–Kier alpha value is -2.22. The third kappa shape index (κ3) is 5.44. The molecule has 0 saturated heterocycles. The van der Waals surface area contributed by atoms with E-state index in [1.807, 2.05) is 35.8 Å². The zero-order valence-corrected chi connectivity index (χ0v) is 18.4. The lowest BCUT2D eigenvalue weighted by atomic mass is 10.2. The Morgan fingerprint density at radius 3 is 2.55 bits per heavy atom. The molecule has 3 rings (SSSR count). The molecule has 0 spiro atoms. The van der Waals surface area contributed by atoms with E-state index in [2.05, 4.69) is 29.4 Å². The van der Waals surface area contributed by atoms with Crippen molar-refractivity contribution in [2.45, 2.75) is 69.8 Å². The summed E-state index contributed by atoms with van der Waals surface area (Å²) in [7, 11) is 1.62. The van der Waals surface area contributed by atoms with Crippen LogP contribution in [0.2, 0.25) is 0 Å². The number of hydrogen-bond donors (Lipinski definition) is 1. The molecule has 158 valence electrons. The normalized spacial score (nSPS) is 15.5. The van der Waals surface area contributed by atoms with Crippen molar-refractivity contribution in [3.8, 4) is 11.5 Å². The van der Waals surface area contributed by atoms with E-state index in [4.69, 9.17) is 9.47 Å². The third-order valence-corrected chi connectivity index (χ3v) is 5.94. The number of ether oxygens (including phenoxy) is 2. The maximum absolute atomic E-state index is 12.3. The molecule has 1 amide bonds. The van der Waals surface area contributed by atoms with E-state index in [0.717, 1.165) is 23.8 Å². The standard InChI is InChI=1S/C21H30N4O3S/c1-14(2)25-20(15(3)28-18-12-8-7-11-17(18)27-4)23-24-21(25)29-13-19(26)22-16-9-5-6-10-16/h7-8,11-12,14-16H,5-6,9-10,13H2,1-4H3,(H,22,26). The van der Waals surface area contributed by atoms with Crippen LogP contribution < -0.4 is 14.8 Å². The minimum Gasteiger partial charge on any atom is -0.493 e. The lowest BCUT2D eigenvalue weighted by molar-refractivity contribution is -0.119. The molecule has 1 saturated carbocycles. The van der Waals surface area contributed by atoms with Crippen molar-refractivity contribution in [3.05, 3.63) is 30.1 Å². The molecule has 7 nitrogen and oxygen atoms in total. The van der Waals surface area contributed by atoms with Crippen LogP contribution in [0, 0.1) is 0 Å². The van der Waals surface area contributed by atoms with Crippen molar-refractivity contribution in [1.82, 2.24) is 20.1 Å². The van der Waals surface area contributed by atoms with Crippen LogP contribution in [0.1, 0.15) is 64.4 Å². The number of hydrogen-bond acceptors (Lipinski definition) is 6.